The predicted molar refractivity (Wildman–Crippen MR) is 138 cm³/mol. The van der Waals surface area contributed by atoms with E-state index >= 15 is 0 Å². The number of furan rings is 1. The third-order valence-corrected chi connectivity index (χ3v) is 7.10. The Hall–Kier alpha value is -3.17. The first-order valence-corrected chi connectivity index (χ1v) is 13.8. The van der Waals surface area contributed by atoms with Gasteiger partial charge in [0.25, 0.3) is 0 Å². The second kappa shape index (κ2) is 9.83. The van der Waals surface area contributed by atoms with E-state index in [1.165, 1.54) is 6.20 Å². The smallest absolute Gasteiger partial charge is 0.225 e. The van der Waals surface area contributed by atoms with Gasteiger partial charge in [-0.3, -0.25) is 9.59 Å². The van der Waals surface area contributed by atoms with E-state index in [9.17, 15) is 18.0 Å². The molecule has 0 fully saturated rings. The average molecular weight is 557 g/mol. The Morgan fingerprint density at radius 3 is 2.51 bits per heavy atom. The summed E-state index contributed by atoms with van der Waals surface area (Å²) in [5, 5.41) is 3.65. The SMILES string of the molecule is Cc1ccc(C(NC(=O)Cc2ccc3[nH]cc(C(=O)CS(C)(=O)=O)c3c2)c2ccc(C)o2)c(Br)c1. The van der Waals surface area contributed by atoms with Gasteiger partial charge in [-0.05, 0) is 60.9 Å². The number of rotatable bonds is 8. The van der Waals surface area contributed by atoms with Gasteiger partial charge in [0.2, 0.25) is 5.91 Å². The molecule has 0 saturated carbocycles. The number of H-pyrrole nitrogens is 1. The zero-order chi connectivity index (χ0) is 25.3. The first-order valence-electron chi connectivity index (χ1n) is 10.9. The summed E-state index contributed by atoms with van der Waals surface area (Å²) in [6.45, 7) is 3.84. The van der Waals surface area contributed by atoms with Crippen LogP contribution in [-0.2, 0) is 21.1 Å². The minimum Gasteiger partial charge on any atom is -0.464 e. The molecule has 1 atom stereocenters. The van der Waals surface area contributed by atoms with Crippen LogP contribution in [0.2, 0.25) is 0 Å². The van der Waals surface area contributed by atoms with Gasteiger partial charge in [-0.25, -0.2) is 8.42 Å². The quantitative estimate of drug-likeness (QED) is 0.302. The number of amides is 1. The third-order valence-electron chi connectivity index (χ3n) is 5.62. The number of nitrogens with one attached hydrogen (secondary N) is 2. The van der Waals surface area contributed by atoms with Crippen molar-refractivity contribution < 1.29 is 22.4 Å². The Morgan fingerprint density at radius 2 is 1.86 bits per heavy atom. The second-order valence-corrected chi connectivity index (χ2v) is 11.7. The van der Waals surface area contributed by atoms with Crippen molar-refractivity contribution in [3.05, 3.63) is 93.0 Å². The van der Waals surface area contributed by atoms with Crippen molar-refractivity contribution in [2.75, 3.05) is 12.0 Å². The molecule has 2 N–H and O–H groups in total. The van der Waals surface area contributed by atoms with Crippen LogP contribution in [0.1, 0.15) is 44.6 Å². The number of aromatic nitrogens is 1. The highest BCUT2D eigenvalue weighted by molar-refractivity contribution is 9.10. The Kier molecular flexibility index (Phi) is 7.00. The normalized spacial score (nSPS) is 12.6. The van der Waals surface area contributed by atoms with Gasteiger partial charge in [-0.15, -0.1) is 0 Å². The van der Waals surface area contributed by atoms with Crippen molar-refractivity contribution >= 4 is 48.4 Å². The molecule has 0 aliphatic carbocycles. The molecule has 1 amide bonds. The summed E-state index contributed by atoms with van der Waals surface area (Å²) in [5.74, 6) is 0.0791. The van der Waals surface area contributed by atoms with E-state index in [4.69, 9.17) is 4.42 Å². The Bertz CT molecular complexity index is 1530. The van der Waals surface area contributed by atoms with Crippen LogP contribution in [-0.4, -0.2) is 37.1 Å². The van der Waals surface area contributed by atoms with Gasteiger partial charge < -0.3 is 14.7 Å². The van der Waals surface area contributed by atoms with Crippen LogP contribution in [0.4, 0.5) is 0 Å². The fourth-order valence-electron chi connectivity index (χ4n) is 4.00. The lowest BCUT2D eigenvalue weighted by Gasteiger charge is -2.19. The molecule has 0 aliphatic heterocycles. The summed E-state index contributed by atoms with van der Waals surface area (Å²) in [5.41, 5.74) is 3.63. The number of sulfone groups is 1. The van der Waals surface area contributed by atoms with Crippen LogP contribution in [0.5, 0.6) is 0 Å². The number of carbonyl (C=O) groups is 2. The molecular weight excluding hydrogens is 532 g/mol. The van der Waals surface area contributed by atoms with E-state index in [-0.39, 0.29) is 12.3 Å². The van der Waals surface area contributed by atoms with Crippen molar-refractivity contribution in [3.63, 3.8) is 0 Å². The van der Waals surface area contributed by atoms with Gasteiger partial charge in [-0.2, -0.15) is 0 Å². The summed E-state index contributed by atoms with van der Waals surface area (Å²) in [6.07, 6.45) is 2.60. The summed E-state index contributed by atoms with van der Waals surface area (Å²) >= 11 is 3.60. The van der Waals surface area contributed by atoms with Crippen LogP contribution >= 0.6 is 15.9 Å². The summed E-state index contributed by atoms with van der Waals surface area (Å²) in [4.78, 5) is 28.6. The fourth-order valence-corrected chi connectivity index (χ4v) is 5.35. The molecule has 182 valence electrons. The molecule has 1 unspecified atom stereocenters. The van der Waals surface area contributed by atoms with E-state index in [0.717, 1.165) is 27.6 Å². The molecule has 35 heavy (non-hydrogen) atoms. The maximum atomic E-state index is 13.1. The predicted octanol–water partition coefficient (Wildman–Crippen LogP) is 4.82. The van der Waals surface area contributed by atoms with Gasteiger partial charge in [0, 0.05) is 33.4 Å². The Labute approximate surface area is 212 Å². The largest absolute Gasteiger partial charge is 0.464 e. The van der Waals surface area contributed by atoms with Gasteiger partial charge >= 0.3 is 0 Å². The number of aromatic amines is 1. The first-order chi connectivity index (χ1) is 16.5. The standard InChI is InChI=1S/C26H25BrN2O5S/c1-15-4-7-18(21(27)10-15)26(24-9-5-16(2)34-24)29-25(31)12-17-6-8-22-19(11-17)20(13-28-22)23(30)14-35(3,32)33/h4-11,13,26,28H,12,14H2,1-3H3,(H,29,31). The molecule has 0 saturated heterocycles. The molecule has 9 heteroatoms. The summed E-state index contributed by atoms with van der Waals surface area (Å²) in [6, 6.07) is 14.4. The van der Waals surface area contributed by atoms with Gasteiger partial charge in [0.05, 0.1) is 6.42 Å². The van der Waals surface area contributed by atoms with Crippen molar-refractivity contribution in [2.45, 2.75) is 26.3 Å². The zero-order valence-corrected chi connectivity index (χ0v) is 21.9. The molecule has 4 aromatic rings. The molecular formula is C26H25BrN2O5S. The van der Waals surface area contributed by atoms with Crippen LogP contribution in [0.15, 0.2) is 63.6 Å². The number of fused-ring (bicyclic) bond motifs is 1. The summed E-state index contributed by atoms with van der Waals surface area (Å²) < 4.78 is 29.8. The van der Waals surface area contributed by atoms with Crippen molar-refractivity contribution in [3.8, 4) is 0 Å². The van der Waals surface area contributed by atoms with E-state index < -0.39 is 27.4 Å². The maximum absolute atomic E-state index is 13.1. The van der Waals surface area contributed by atoms with E-state index in [0.29, 0.717) is 27.8 Å². The number of carbonyl (C=O) groups excluding carboxylic acids is 2. The molecule has 0 aliphatic rings. The molecule has 2 aromatic carbocycles. The average Bonchev–Trinajstić information content (AvgIpc) is 3.37. The molecule has 4 rings (SSSR count). The van der Waals surface area contributed by atoms with E-state index in [1.54, 1.807) is 18.2 Å². The number of halogens is 1. The van der Waals surface area contributed by atoms with Crippen molar-refractivity contribution in [1.82, 2.24) is 10.3 Å². The van der Waals surface area contributed by atoms with E-state index in [1.807, 2.05) is 44.2 Å². The second-order valence-electron chi connectivity index (χ2n) is 8.73. The fraction of sp³-hybridized carbons (Fsp3) is 0.231. The molecule has 2 aromatic heterocycles. The molecule has 0 radical (unpaired) electrons. The highest BCUT2D eigenvalue weighted by Gasteiger charge is 2.23. The number of hydrogen-bond acceptors (Lipinski definition) is 5. The van der Waals surface area contributed by atoms with Gasteiger partial charge in [0.1, 0.15) is 23.3 Å². The zero-order valence-electron chi connectivity index (χ0n) is 19.5. The maximum Gasteiger partial charge on any atom is 0.225 e. The number of ketones is 1. The van der Waals surface area contributed by atoms with E-state index in [2.05, 4.69) is 26.2 Å². The Morgan fingerprint density at radius 1 is 1.09 bits per heavy atom. The van der Waals surface area contributed by atoms with Crippen LogP contribution in [0.25, 0.3) is 10.9 Å². The minimum absolute atomic E-state index is 0.0699. The number of benzene rings is 2. The van der Waals surface area contributed by atoms with Crippen molar-refractivity contribution in [1.29, 1.82) is 0 Å². The highest BCUT2D eigenvalue weighted by atomic mass is 79.9. The topological polar surface area (TPSA) is 109 Å². The van der Waals surface area contributed by atoms with Crippen LogP contribution in [0, 0.1) is 13.8 Å². The third kappa shape index (κ3) is 5.91. The van der Waals surface area contributed by atoms with Crippen molar-refractivity contribution in [2.24, 2.45) is 0 Å². The molecule has 0 spiro atoms. The number of aryl methyl sites for hydroxylation is 2. The van der Waals surface area contributed by atoms with Gasteiger partial charge in [-0.1, -0.05) is 34.1 Å². The summed E-state index contributed by atoms with van der Waals surface area (Å²) in [7, 11) is -3.46. The Balaban J connectivity index is 1.59. The van der Waals surface area contributed by atoms with Gasteiger partial charge in [0.15, 0.2) is 15.6 Å². The highest BCUT2D eigenvalue weighted by Crippen LogP contribution is 2.31. The van der Waals surface area contributed by atoms with Crippen LogP contribution < -0.4 is 5.32 Å². The minimum atomic E-state index is -3.46. The molecule has 0 bridgehead atoms. The lowest BCUT2D eigenvalue weighted by atomic mass is 10.0. The monoisotopic (exact) mass is 556 g/mol. The lowest BCUT2D eigenvalue weighted by molar-refractivity contribution is -0.121. The number of Topliss-reactive ketones (excluding diaryl/α,β-unsaturated/α-hetero) is 1. The number of hydrogen-bond donors (Lipinski definition) is 2. The molecule has 2 heterocycles. The van der Waals surface area contributed by atoms with Crippen LogP contribution in [0.3, 0.4) is 0 Å². The lowest BCUT2D eigenvalue weighted by Crippen LogP contribution is -2.30. The first kappa shape index (κ1) is 24.9. The molecule has 7 nitrogen and oxygen atoms in total.